The average molecular weight is 262 g/mol. The van der Waals surface area contributed by atoms with Gasteiger partial charge in [0.05, 0.1) is 6.07 Å². The Kier molecular flexibility index (Phi) is 4.92. The predicted molar refractivity (Wildman–Crippen MR) is 54.8 cm³/mol. The summed E-state index contributed by atoms with van der Waals surface area (Å²) >= 11 is 0. The Balaban J connectivity index is 2.88. The highest BCUT2D eigenvalue weighted by molar-refractivity contribution is 5.28. The highest BCUT2D eigenvalue weighted by atomic mass is 19.2. The lowest BCUT2D eigenvalue weighted by atomic mass is 10.3. The van der Waals surface area contributed by atoms with E-state index < -0.39 is 41.7 Å². The summed E-state index contributed by atoms with van der Waals surface area (Å²) in [4.78, 5) is 0. The highest BCUT2D eigenvalue weighted by Crippen LogP contribution is 2.26. The van der Waals surface area contributed by atoms with Gasteiger partial charge in [0.25, 0.3) is 0 Å². The second-order valence-electron chi connectivity index (χ2n) is 3.35. The van der Waals surface area contributed by atoms with Crippen LogP contribution in [-0.2, 0) is 0 Å². The molecule has 0 bridgehead atoms. The van der Waals surface area contributed by atoms with Crippen molar-refractivity contribution in [3.63, 3.8) is 0 Å². The van der Waals surface area contributed by atoms with E-state index in [2.05, 4.69) is 10.1 Å². The van der Waals surface area contributed by atoms with Gasteiger partial charge in [-0.25, -0.2) is 8.78 Å². The van der Waals surface area contributed by atoms with Crippen molar-refractivity contribution >= 4 is 0 Å². The molecule has 1 atom stereocenters. The number of benzene rings is 1. The Morgan fingerprint density at radius 3 is 2.28 bits per heavy atom. The van der Waals surface area contributed by atoms with Crippen molar-refractivity contribution in [3.05, 3.63) is 29.3 Å². The van der Waals surface area contributed by atoms with E-state index in [9.17, 15) is 17.6 Å². The van der Waals surface area contributed by atoms with Crippen molar-refractivity contribution in [1.82, 2.24) is 5.32 Å². The van der Waals surface area contributed by atoms with E-state index in [1.165, 1.54) is 0 Å². The zero-order valence-electron chi connectivity index (χ0n) is 9.44. The number of likely N-dealkylation sites (N-methyl/N-ethyl adjacent to an activating group) is 1. The van der Waals surface area contributed by atoms with Gasteiger partial charge in [0.15, 0.2) is 17.4 Å². The second-order valence-corrected chi connectivity index (χ2v) is 3.35. The first-order chi connectivity index (χ1) is 8.51. The minimum Gasteiger partial charge on any atom is -0.485 e. The maximum Gasteiger partial charge on any atom is 0.203 e. The molecule has 1 N–H and O–H groups in total. The number of hydrogen-bond acceptors (Lipinski definition) is 3. The molecule has 0 heterocycles. The van der Waals surface area contributed by atoms with E-state index in [1.54, 1.807) is 13.0 Å². The molecule has 0 fully saturated rings. The van der Waals surface area contributed by atoms with Gasteiger partial charge >= 0.3 is 0 Å². The van der Waals surface area contributed by atoms with Gasteiger partial charge < -0.3 is 4.74 Å². The monoisotopic (exact) mass is 262 g/mol. The summed E-state index contributed by atoms with van der Waals surface area (Å²) in [7, 11) is 0. The molecule has 0 aliphatic heterocycles. The van der Waals surface area contributed by atoms with Gasteiger partial charge in [-0.2, -0.15) is 14.0 Å². The number of nitrogens with zero attached hydrogens (tertiary/aromatic N) is 1. The largest absolute Gasteiger partial charge is 0.485 e. The molecule has 0 aliphatic rings. The number of rotatable bonds is 5. The van der Waals surface area contributed by atoms with Crippen LogP contribution in [0.25, 0.3) is 0 Å². The van der Waals surface area contributed by atoms with Gasteiger partial charge in [-0.15, -0.1) is 0 Å². The molecule has 1 aromatic carbocycles. The van der Waals surface area contributed by atoms with Crippen LogP contribution < -0.4 is 10.1 Å². The molecule has 0 aliphatic carbocycles. The van der Waals surface area contributed by atoms with Gasteiger partial charge in [0, 0.05) is 6.07 Å². The molecule has 0 spiro atoms. The summed E-state index contributed by atoms with van der Waals surface area (Å²) in [6.45, 7) is 1.72. The van der Waals surface area contributed by atoms with Crippen molar-refractivity contribution in [1.29, 1.82) is 5.26 Å². The van der Waals surface area contributed by atoms with Crippen LogP contribution in [0.15, 0.2) is 6.07 Å². The molecule has 18 heavy (non-hydrogen) atoms. The van der Waals surface area contributed by atoms with Crippen LogP contribution in [0, 0.1) is 34.6 Å². The van der Waals surface area contributed by atoms with Crippen molar-refractivity contribution < 1.29 is 22.3 Å². The minimum atomic E-state index is -1.62. The third-order valence-electron chi connectivity index (χ3n) is 2.07. The summed E-state index contributed by atoms with van der Waals surface area (Å²) in [5.41, 5.74) is 0. The van der Waals surface area contributed by atoms with Crippen LogP contribution in [0.3, 0.4) is 0 Å². The summed E-state index contributed by atoms with van der Waals surface area (Å²) in [6, 6.07) is 1.03. The van der Waals surface area contributed by atoms with E-state index in [-0.39, 0.29) is 6.07 Å². The predicted octanol–water partition coefficient (Wildman–Crippen LogP) is 2.12. The second kappa shape index (κ2) is 6.21. The number of hydrogen-bond donors (Lipinski definition) is 1. The maximum atomic E-state index is 13.2. The lowest BCUT2D eigenvalue weighted by Gasteiger charge is -2.13. The van der Waals surface area contributed by atoms with E-state index >= 15 is 0 Å². The lowest BCUT2D eigenvalue weighted by molar-refractivity contribution is 0.254. The first-order valence-electron chi connectivity index (χ1n) is 5.10. The van der Waals surface area contributed by atoms with Crippen molar-refractivity contribution in [2.24, 2.45) is 0 Å². The fraction of sp³-hybridized carbons (Fsp3) is 0.364. The van der Waals surface area contributed by atoms with Crippen LogP contribution in [0.2, 0.25) is 0 Å². The molecule has 98 valence electrons. The molecule has 0 aromatic heterocycles. The van der Waals surface area contributed by atoms with E-state index in [0.717, 1.165) is 0 Å². The van der Waals surface area contributed by atoms with Gasteiger partial charge in [0.1, 0.15) is 12.6 Å². The molecule has 0 amide bonds. The van der Waals surface area contributed by atoms with E-state index in [0.29, 0.717) is 6.54 Å². The van der Waals surface area contributed by atoms with Gasteiger partial charge in [0.2, 0.25) is 11.6 Å². The van der Waals surface area contributed by atoms with Crippen LogP contribution in [0.5, 0.6) is 5.75 Å². The molecule has 0 radical (unpaired) electrons. The normalized spacial score (nSPS) is 12.0. The van der Waals surface area contributed by atoms with E-state index in [4.69, 9.17) is 5.26 Å². The first-order valence-corrected chi connectivity index (χ1v) is 5.10. The maximum absolute atomic E-state index is 13.2. The third-order valence-corrected chi connectivity index (χ3v) is 2.07. The van der Waals surface area contributed by atoms with Crippen LogP contribution in [0.1, 0.15) is 6.92 Å². The standard InChI is InChI=1S/C11H10F4N2O/c1-2-17-6(4-16)5-18-11-9(14)7(12)3-8(13)10(11)15/h3,6,17H,2,5H2,1H3. The van der Waals surface area contributed by atoms with Crippen LogP contribution >= 0.6 is 0 Å². The molecular weight excluding hydrogens is 252 g/mol. The first kappa shape index (κ1) is 14.3. The molecule has 3 nitrogen and oxygen atoms in total. The van der Waals surface area contributed by atoms with Gasteiger partial charge in [-0.05, 0) is 6.54 Å². The van der Waals surface area contributed by atoms with Crippen molar-refractivity contribution in [2.75, 3.05) is 13.2 Å². The zero-order valence-corrected chi connectivity index (χ0v) is 9.44. The van der Waals surface area contributed by atoms with Gasteiger partial charge in [-0.3, -0.25) is 5.32 Å². The number of nitrogens with one attached hydrogen (secondary N) is 1. The lowest BCUT2D eigenvalue weighted by Crippen LogP contribution is -2.33. The molecule has 1 aromatic rings. The summed E-state index contributed by atoms with van der Waals surface area (Å²) < 4.78 is 56.6. The Morgan fingerprint density at radius 2 is 1.83 bits per heavy atom. The highest BCUT2D eigenvalue weighted by Gasteiger charge is 2.21. The molecule has 1 rings (SSSR count). The number of halogens is 4. The minimum absolute atomic E-state index is 0.0869. The van der Waals surface area contributed by atoms with Crippen LogP contribution in [-0.4, -0.2) is 19.2 Å². The number of nitriles is 1. The smallest absolute Gasteiger partial charge is 0.203 e. The van der Waals surface area contributed by atoms with Crippen molar-refractivity contribution in [2.45, 2.75) is 13.0 Å². The average Bonchev–Trinajstić information content (AvgIpc) is 2.35. The Labute approximate surface area is 101 Å². The molecule has 1 unspecified atom stereocenters. The van der Waals surface area contributed by atoms with Gasteiger partial charge in [-0.1, -0.05) is 6.92 Å². The van der Waals surface area contributed by atoms with E-state index in [1.807, 2.05) is 0 Å². The molecule has 0 saturated carbocycles. The van der Waals surface area contributed by atoms with Crippen molar-refractivity contribution in [3.8, 4) is 11.8 Å². The summed E-state index contributed by atoms with van der Waals surface area (Å²) in [5, 5.41) is 11.3. The zero-order chi connectivity index (χ0) is 13.7. The Hall–Kier alpha value is -1.81. The Bertz CT molecular complexity index is 447. The molecular formula is C11H10F4N2O. The molecule has 7 heteroatoms. The third kappa shape index (κ3) is 3.11. The number of ether oxygens (including phenoxy) is 1. The Morgan fingerprint density at radius 1 is 1.28 bits per heavy atom. The fourth-order valence-electron chi connectivity index (χ4n) is 1.23. The summed E-state index contributed by atoms with van der Waals surface area (Å²) in [6.07, 6.45) is 0. The van der Waals surface area contributed by atoms with Crippen LogP contribution in [0.4, 0.5) is 17.6 Å². The quantitative estimate of drug-likeness (QED) is 0.653. The topological polar surface area (TPSA) is 45.0 Å². The molecule has 0 saturated heterocycles. The SMILES string of the molecule is CCNC(C#N)COc1c(F)c(F)cc(F)c1F. The fourth-order valence-corrected chi connectivity index (χ4v) is 1.23. The summed E-state index contributed by atoms with van der Waals surface area (Å²) in [5.74, 6) is -7.52.